The van der Waals surface area contributed by atoms with Crippen molar-refractivity contribution < 1.29 is 4.39 Å². The zero-order valence-electron chi connectivity index (χ0n) is 9.61. The molecule has 1 rings (SSSR count). The van der Waals surface area contributed by atoms with Gasteiger partial charge in [-0.3, -0.25) is 0 Å². The van der Waals surface area contributed by atoms with Crippen LogP contribution < -0.4 is 5.73 Å². The molecule has 1 unspecified atom stereocenters. The van der Waals surface area contributed by atoms with E-state index in [4.69, 9.17) is 23.8 Å². The molecule has 0 aromatic heterocycles. The molecule has 5 heteroatoms. The van der Waals surface area contributed by atoms with Gasteiger partial charge in [0.1, 0.15) is 11.9 Å². The highest BCUT2D eigenvalue weighted by molar-refractivity contribution is 6.30. The van der Waals surface area contributed by atoms with Crippen molar-refractivity contribution >= 4 is 17.6 Å². The molecule has 0 aliphatic heterocycles. The first-order valence-electron chi connectivity index (χ1n) is 4.87. The van der Waals surface area contributed by atoms with E-state index in [1.807, 2.05) is 0 Å². The Hall–Kier alpha value is -1.73. The number of guanidine groups is 1. The van der Waals surface area contributed by atoms with E-state index in [9.17, 15) is 4.39 Å². The van der Waals surface area contributed by atoms with Gasteiger partial charge < -0.3 is 10.6 Å². The lowest BCUT2D eigenvalue weighted by molar-refractivity contribution is 0.590. The third-order valence-electron chi connectivity index (χ3n) is 2.13. The number of rotatable bonds is 2. The molecule has 2 N–H and O–H groups in total. The summed E-state index contributed by atoms with van der Waals surface area (Å²) in [5.41, 5.74) is 5.92. The number of benzene rings is 1. The number of nitrogens with two attached hydrogens (primary N) is 1. The highest BCUT2D eigenvalue weighted by Crippen LogP contribution is 2.23. The zero-order chi connectivity index (χ0) is 13.0. The van der Waals surface area contributed by atoms with Crippen LogP contribution in [0.4, 0.5) is 4.39 Å². The molecule has 90 valence electrons. The topological polar surface area (TPSA) is 41.6 Å². The molecule has 0 aliphatic carbocycles. The fourth-order valence-corrected chi connectivity index (χ4v) is 1.33. The minimum Gasteiger partial charge on any atom is -0.370 e. The Morgan fingerprint density at radius 1 is 1.59 bits per heavy atom. The summed E-state index contributed by atoms with van der Waals surface area (Å²) in [5.74, 6) is 2.14. The summed E-state index contributed by atoms with van der Waals surface area (Å²) in [6.45, 7) is 0. The van der Waals surface area contributed by atoms with Crippen LogP contribution in [-0.4, -0.2) is 25.0 Å². The second-order valence-electron chi connectivity index (χ2n) is 3.62. The normalized spacial score (nSPS) is 13.0. The first kappa shape index (κ1) is 13.3. The first-order chi connectivity index (χ1) is 7.95. The Bertz CT molecular complexity index is 477. The molecule has 1 atom stereocenters. The summed E-state index contributed by atoms with van der Waals surface area (Å²) in [6.07, 6.45) is 5.33. The number of hydrogen-bond acceptors (Lipinski definition) is 1. The van der Waals surface area contributed by atoms with Crippen LogP contribution in [0.2, 0.25) is 5.02 Å². The standard InChI is InChI=1S/C12H13ClFN3/c1-4-11(16-12(15)17(2)3)9-6-5-8(13)7-10(9)14/h1,5-7,11H,2-3H3,(H2,15,16). The van der Waals surface area contributed by atoms with Gasteiger partial charge in [-0.2, -0.15) is 0 Å². The predicted octanol–water partition coefficient (Wildman–Crippen LogP) is 2.03. The highest BCUT2D eigenvalue weighted by atomic mass is 35.5. The Balaban J connectivity index is 3.12. The third kappa shape index (κ3) is 3.36. The van der Waals surface area contributed by atoms with Gasteiger partial charge in [-0.25, -0.2) is 9.38 Å². The van der Waals surface area contributed by atoms with Crippen LogP contribution in [-0.2, 0) is 0 Å². The highest BCUT2D eigenvalue weighted by Gasteiger charge is 2.13. The summed E-state index contributed by atoms with van der Waals surface area (Å²) >= 11 is 5.66. The minimum atomic E-state index is -0.755. The molecule has 0 amide bonds. The number of nitrogens with zero attached hydrogens (tertiary/aromatic N) is 2. The number of hydrogen-bond donors (Lipinski definition) is 1. The lowest BCUT2D eigenvalue weighted by atomic mass is 10.1. The summed E-state index contributed by atoms with van der Waals surface area (Å²) < 4.78 is 13.6. The quantitative estimate of drug-likeness (QED) is 0.498. The molecule has 1 aromatic carbocycles. The molecule has 0 saturated carbocycles. The van der Waals surface area contributed by atoms with Crippen LogP contribution in [0.25, 0.3) is 0 Å². The molecule has 0 heterocycles. The molecule has 0 aliphatic rings. The molecule has 0 bridgehead atoms. The maximum absolute atomic E-state index is 13.6. The van der Waals surface area contributed by atoms with Crippen molar-refractivity contribution in [3.05, 3.63) is 34.6 Å². The van der Waals surface area contributed by atoms with E-state index >= 15 is 0 Å². The number of halogens is 2. The van der Waals surface area contributed by atoms with E-state index in [-0.39, 0.29) is 11.5 Å². The molecular weight excluding hydrogens is 241 g/mol. The Kier molecular flexibility index (Phi) is 4.36. The Morgan fingerprint density at radius 3 is 2.71 bits per heavy atom. The third-order valence-corrected chi connectivity index (χ3v) is 2.37. The van der Waals surface area contributed by atoms with Gasteiger partial charge in [0.2, 0.25) is 0 Å². The molecule has 0 fully saturated rings. The maximum atomic E-state index is 13.6. The van der Waals surface area contributed by atoms with Crippen molar-refractivity contribution in [3.8, 4) is 12.3 Å². The van der Waals surface area contributed by atoms with Gasteiger partial charge in [0.15, 0.2) is 5.96 Å². The summed E-state index contributed by atoms with van der Waals surface area (Å²) in [4.78, 5) is 5.65. The zero-order valence-corrected chi connectivity index (χ0v) is 10.4. The Labute approximate surface area is 105 Å². The van der Waals surface area contributed by atoms with Gasteiger partial charge in [0, 0.05) is 24.7 Å². The van der Waals surface area contributed by atoms with Gasteiger partial charge in [-0.05, 0) is 12.1 Å². The molecule has 0 spiro atoms. The molecule has 17 heavy (non-hydrogen) atoms. The fourth-order valence-electron chi connectivity index (χ4n) is 1.17. The fraction of sp³-hybridized carbons (Fsp3) is 0.250. The van der Waals surface area contributed by atoms with Gasteiger partial charge in [-0.15, -0.1) is 6.42 Å². The van der Waals surface area contributed by atoms with E-state index in [0.717, 1.165) is 0 Å². The molecule has 0 saturated heterocycles. The summed E-state index contributed by atoms with van der Waals surface area (Å²) in [7, 11) is 3.45. The van der Waals surface area contributed by atoms with Crippen molar-refractivity contribution in [1.29, 1.82) is 0 Å². The summed E-state index contributed by atoms with van der Waals surface area (Å²) in [5, 5.41) is 0.312. The van der Waals surface area contributed by atoms with E-state index in [1.165, 1.54) is 12.1 Å². The molecular formula is C12H13ClFN3. The van der Waals surface area contributed by atoms with Crippen LogP contribution in [0.3, 0.4) is 0 Å². The van der Waals surface area contributed by atoms with Crippen molar-refractivity contribution in [2.75, 3.05) is 14.1 Å². The minimum absolute atomic E-state index is 0.238. The lowest BCUT2D eigenvalue weighted by Crippen LogP contribution is -2.30. The number of terminal acetylenes is 1. The van der Waals surface area contributed by atoms with Crippen molar-refractivity contribution in [2.45, 2.75) is 6.04 Å². The Morgan fingerprint density at radius 2 is 2.24 bits per heavy atom. The van der Waals surface area contributed by atoms with Crippen LogP contribution >= 0.6 is 11.6 Å². The van der Waals surface area contributed by atoms with E-state index in [1.54, 1.807) is 25.1 Å². The SMILES string of the molecule is C#CC(N=C(N)N(C)C)c1ccc(Cl)cc1F. The smallest absolute Gasteiger partial charge is 0.192 e. The molecule has 1 aromatic rings. The van der Waals surface area contributed by atoms with Crippen LogP contribution in [0.1, 0.15) is 11.6 Å². The van der Waals surface area contributed by atoms with Crippen LogP contribution in [0.15, 0.2) is 23.2 Å². The van der Waals surface area contributed by atoms with Gasteiger partial charge in [0.05, 0.1) is 0 Å². The van der Waals surface area contributed by atoms with Gasteiger partial charge in [0.25, 0.3) is 0 Å². The van der Waals surface area contributed by atoms with E-state index < -0.39 is 11.9 Å². The summed E-state index contributed by atoms with van der Waals surface area (Å²) in [6, 6.07) is 3.51. The van der Waals surface area contributed by atoms with Crippen molar-refractivity contribution in [1.82, 2.24) is 4.90 Å². The van der Waals surface area contributed by atoms with Crippen molar-refractivity contribution in [2.24, 2.45) is 10.7 Å². The van der Waals surface area contributed by atoms with Crippen LogP contribution in [0, 0.1) is 18.2 Å². The predicted molar refractivity (Wildman–Crippen MR) is 68.3 cm³/mol. The van der Waals surface area contributed by atoms with Crippen LogP contribution in [0.5, 0.6) is 0 Å². The van der Waals surface area contributed by atoms with E-state index in [2.05, 4.69) is 10.9 Å². The van der Waals surface area contributed by atoms with Gasteiger partial charge in [-0.1, -0.05) is 23.6 Å². The average Bonchev–Trinajstić information content (AvgIpc) is 2.26. The molecule has 0 radical (unpaired) electrons. The second kappa shape index (κ2) is 5.55. The maximum Gasteiger partial charge on any atom is 0.192 e. The van der Waals surface area contributed by atoms with Gasteiger partial charge >= 0.3 is 0 Å². The van der Waals surface area contributed by atoms with E-state index in [0.29, 0.717) is 5.02 Å². The first-order valence-corrected chi connectivity index (χ1v) is 5.25. The second-order valence-corrected chi connectivity index (χ2v) is 4.05. The average molecular weight is 254 g/mol. The number of aliphatic imine (C=N–C) groups is 1. The molecule has 3 nitrogen and oxygen atoms in total. The van der Waals surface area contributed by atoms with Crippen molar-refractivity contribution in [3.63, 3.8) is 0 Å². The monoisotopic (exact) mass is 253 g/mol. The lowest BCUT2D eigenvalue weighted by Gasteiger charge is -2.14. The largest absolute Gasteiger partial charge is 0.370 e.